The monoisotopic (exact) mass is 161 g/mol. The third kappa shape index (κ3) is 2.70. The minimum absolute atomic E-state index is 0.208. The van der Waals surface area contributed by atoms with Gasteiger partial charge in [-0.25, -0.2) is 4.39 Å². The lowest BCUT2D eigenvalue weighted by atomic mass is 10.2. The van der Waals surface area contributed by atoms with Gasteiger partial charge in [0.25, 0.3) is 0 Å². The van der Waals surface area contributed by atoms with Gasteiger partial charge in [0.2, 0.25) is 0 Å². The molecule has 0 saturated carbocycles. The van der Waals surface area contributed by atoms with Crippen LogP contribution in [0.1, 0.15) is 5.56 Å². The first kappa shape index (κ1) is 8.72. The predicted molar refractivity (Wildman–Crippen MR) is 49.9 cm³/mol. The number of benzene rings is 1. The van der Waals surface area contributed by atoms with Crippen LogP contribution in [0.5, 0.6) is 0 Å². The minimum Gasteiger partial charge on any atom is -0.207 e. The molecule has 0 amide bonds. The molecule has 0 aliphatic carbocycles. The van der Waals surface area contributed by atoms with Crippen molar-refractivity contribution in [1.82, 2.24) is 0 Å². The Kier molecular flexibility index (Phi) is 3.27. The van der Waals surface area contributed by atoms with Crippen molar-refractivity contribution in [2.75, 3.05) is 0 Å². The summed E-state index contributed by atoms with van der Waals surface area (Å²) in [6.45, 7) is 3.54. The molecule has 0 fully saturated rings. The molecular weight excluding hydrogens is 151 g/mol. The maximum atomic E-state index is 12.4. The summed E-state index contributed by atoms with van der Waals surface area (Å²) in [7, 11) is 0. The molecule has 61 valence electrons. The van der Waals surface area contributed by atoms with Gasteiger partial charge in [-0.05, 0) is 24.6 Å². The zero-order valence-corrected chi connectivity index (χ0v) is 6.70. The van der Waals surface area contributed by atoms with Crippen molar-refractivity contribution in [3.63, 3.8) is 0 Å². The van der Waals surface area contributed by atoms with Gasteiger partial charge < -0.3 is 0 Å². The van der Waals surface area contributed by atoms with Gasteiger partial charge in [0, 0.05) is 0 Å². The van der Waals surface area contributed by atoms with Crippen molar-refractivity contribution in [1.29, 1.82) is 0 Å². The van der Waals surface area contributed by atoms with Gasteiger partial charge in [0.1, 0.15) is 5.82 Å². The van der Waals surface area contributed by atoms with E-state index in [4.69, 9.17) is 0 Å². The summed E-state index contributed by atoms with van der Waals surface area (Å²) in [6.07, 6.45) is 7.27. The lowest BCUT2D eigenvalue weighted by molar-refractivity contribution is 0.628. The van der Waals surface area contributed by atoms with Gasteiger partial charge in [-0.1, -0.05) is 36.4 Å². The molecule has 1 heteroatoms. The average Bonchev–Trinajstić information content (AvgIpc) is 2.09. The van der Waals surface area contributed by atoms with Crippen LogP contribution in [0.4, 0.5) is 4.39 Å². The summed E-state index contributed by atoms with van der Waals surface area (Å²) < 4.78 is 12.4. The van der Waals surface area contributed by atoms with E-state index in [1.54, 1.807) is 18.2 Å². The summed E-state index contributed by atoms with van der Waals surface area (Å²) in [6, 6.07) is 6.33. The summed E-state index contributed by atoms with van der Waals surface area (Å²) >= 11 is 0. The Morgan fingerprint density at radius 3 is 2.33 bits per heavy atom. The van der Waals surface area contributed by atoms with Crippen LogP contribution in [0, 0.1) is 12.7 Å². The van der Waals surface area contributed by atoms with E-state index < -0.39 is 0 Å². The van der Waals surface area contributed by atoms with E-state index in [2.05, 4.69) is 6.92 Å². The molecule has 0 unspecified atom stereocenters. The topological polar surface area (TPSA) is 0 Å². The zero-order chi connectivity index (χ0) is 8.81. The van der Waals surface area contributed by atoms with E-state index in [0.29, 0.717) is 0 Å². The molecule has 12 heavy (non-hydrogen) atoms. The number of rotatable bonds is 2. The highest BCUT2D eigenvalue weighted by Crippen LogP contribution is 2.04. The van der Waals surface area contributed by atoms with Crippen LogP contribution in [-0.4, -0.2) is 0 Å². The van der Waals surface area contributed by atoms with Gasteiger partial charge in [0.05, 0.1) is 0 Å². The van der Waals surface area contributed by atoms with Gasteiger partial charge in [-0.15, -0.1) is 0 Å². The summed E-state index contributed by atoms with van der Waals surface area (Å²) in [5, 5.41) is 0. The second kappa shape index (κ2) is 4.50. The average molecular weight is 161 g/mol. The second-order valence-electron chi connectivity index (χ2n) is 2.34. The van der Waals surface area contributed by atoms with Crippen LogP contribution in [0.3, 0.4) is 0 Å². The predicted octanol–water partition coefficient (Wildman–Crippen LogP) is 3.23. The Balaban J connectivity index is 2.70. The molecule has 0 aliphatic heterocycles. The van der Waals surface area contributed by atoms with Gasteiger partial charge in [0.15, 0.2) is 0 Å². The molecule has 1 radical (unpaired) electrons. The molecule has 1 rings (SSSR count). The molecule has 0 aromatic heterocycles. The third-order valence-electron chi connectivity index (χ3n) is 1.41. The van der Waals surface area contributed by atoms with E-state index in [1.165, 1.54) is 12.1 Å². The molecule has 0 bridgehead atoms. The van der Waals surface area contributed by atoms with Gasteiger partial charge in [-0.3, -0.25) is 0 Å². The number of allylic oxidation sites excluding steroid dienone is 3. The second-order valence-corrected chi connectivity index (χ2v) is 2.34. The van der Waals surface area contributed by atoms with Crippen molar-refractivity contribution in [3.8, 4) is 0 Å². The SMILES string of the molecule is [CH2]C=CC=Cc1ccc(F)cc1. The molecule has 0 atom stereocenters. The maximum Gasteiger partial charge on any atom is 0.123 e. The Labute approximate surface area is 72.0 Å². The lowest BCUT2D eigenvalue weighted by Crippen LogP contribution is -1.73. The van der Waals surface area contributed by atoms with Crippen LogP contribution < -0.4 is 0 Å². The quantitative estimate of drug-likeness (QED) is 0.584. The maximum absolute atomic E-state index is 12.4. The Bertz CT molecular complexity index is 280. The largest absolute Gasteiger partial charge is 0.207 e. The summed E-state index contributed by atoms with van der Waals surface area (Å²) in [5.74, 6) is -0.208. The standard InChI is InChI=1S/C11H10F/c1-2-3-4-5-10-6-8-11(12)9-7-10/h2-9H,1H2. The minimum atomic E-state index is -0.208. The molecular formula is C11H10F. The fourth-order valence-electron chi connectivity index (χ4n) is 0.819. The fraction of sp³-hybridized carbons (Fsp3) is 0. The smallest absolute Gasteiger partial charge is 0.123 e. The summed E-state index contributed by atoms with van der Waals surface area (Å²) in [4.78, 5) is 0. The molecule has 0 N–H and O–H groups in total. The van der Waals surface area contributed by atoms with E-state index in [9.17, 15) is 4.39 Å². The normalized spacial score (nSPS) is 11.5. The van der Waals surface area contributed by atoms with Gasteiger partial charge >= 0.3 is 0 Å². The van der Waals surface area contributed by atoms with E-state index in [-0.39, 0.29) is 5.82 Å². The first-order valence-electron chi connectivity index (χ1n) is 3.71. The fourth-order valence-corrected chi connectivity index (χ4v) is 0.819. The Morgan fingerprint density at radius 1 is 1.08 bits per heavy atom. The molecule has 0 heterocycles. The van der Waals surface area contributed by atoms with Crippen molar-refractivity contribution in [3.05, 3.63) is 60.8 Å². The Morgan fingerprint density at radius 2 is 1.75 bits per heavy atom. The number of hydrogen-bond acceptors (Lipinski definition) is 0. The highest BCUT2D eigenvalue weighted by atomic mass is 19.1. The van der Waals surface area contributed by atoms with Crippen LogP contribution in [0.25, 0.3) is 6.08 Å². The molecule has 1 aromatic rings. The van der Waals surface area contributed by atoms with Crippen molar-refractivity contribution in [2.45, 2.75) is 0 Å². The molecule has 1 aromatic carbocycles. The van der Waals surface area contributed by atoms with E-state index >= 15 is 0 Å². The van der Waals surface area contributed by atoms with Crippen LogP contribution >= 0.6 is 0 Å². The Hall–Kier alpha value is -1.37. The first-order valence-corrected chi connectivity index (χ1v) is 3.71. The van der Waals surface area contributed by atoms with E-state index in [0.717, 1.165) is 5.56 Å². The number of halogens is 1. The van der Waals surface area contributed by atoms with Crippen LogP contribution in [0.15, 0.2) is 42.5 Å². The van der Waals surface area contributed by atoms with E-state index in [1.807, 2.05) is 18.2 Å². The molecule has 0 aliphatic rings. The van der Waals surface area contributed by atoms with Gasteiger partial charge in [-0.2, -0.15) is 0 Å². The molecule has 0 spiro atoms. The lowest BCUT2D eigenvalue weighted by Gasteiger charge is -1.90. The molecule has 0 nitrogen and oxygen atoms in total. The third-order valence-corrected chi connectivity index (χ3v) is 1.41. The highest BCUT2D eigenvalue weighted by Gasteiger charge is 1.86. The molecule has 0 saturated heterocycles. The van der Waals surface area contributed by atoms with Crippen molar-refractivity contribution < 1.29 is 4.39 Å². The zero-order valence-electron chi connectivity index (χ0n) is 6.70. The summed E-state index contributed by atoms with van der Waals surface area (Å²) in [5.41, 5.74) is 0.981. The van der Waals surface area contributed by atoms with Crippen LogP contribution in [0.2, 0.25) is 0 Å². The van der Waals surface area contributed by atoms with Crippen molar-refractivity contribution >= 4 is 6.08 Å². The highest BCUT2D eigenvalue weighted by molar-refractivity contribution is 5.50. The number of hydrogen-bond donors (Lipinski definition) is 0. The van der Waals surface area contributed by atoms with Crippen LogP contribution in [-0.2, 0) is 0 Å². The first-order chi connectivity index (χ1) is 5.83. The van der Waals surface area contributed by atoms with Crippen molar-refractivity contribution in [2.24, 2.45) is 0 Å².